The van der Waals surface area contributed by atoms with E-state index < -0.39 is 0 Å². The fraction of sp³-hybridized carbons (Fsp3) is 0.250. The van der Waals surface area contributed by atoms with Crippen molar-refractivity contribution in [3.8, 4) is 0 Å². The molecule has 0 aromatic carbocycles. The van der Waals surface area contributed by atoms with E-state index in [1.54, 1.807) is 19.1 Å². The summed E-state index contributed by atoms with van der Waals surface area (Å²) in [5, 5.41) is 9.11. The monoisotopic (exact) mass is 154 g/mol. The molecule has 0 bridgehead atoms. The first kappa shape index (κ1) is 7.72. The van der Waals surface area contributed by atoms with Crippen LogP contribution >= 0.6 is 0 Å². The van der Waals surface area contributed by atoms with Gasteiger partial charge in [-0.15, -0.1) is 0 Å². The van der Waals surface area contributed by atoms with Gasteiger partial charge in [0.25, 0.3) is 0 Å². The third-order valence-corrected chi connectivity index (χ3v) is 1.15. The highest BCUT2D eigenvalue weighted by Gasteiger charge is 1.95. The van der Waals surface area contributed by atoms with Gasteiger partial charge in [0.2, 0.25) is 5.42 Å². The maximum absolute atomic E-state index is 9.11. The Morgan fingerprint density at radius 1 is 1.73 bits per heavy atom. The Morgan fingerprint density at radius 3 is 2.91 bits per heavy atom. The molecule has 0 atom stereocenters. The molecule has 0 saturated heterocycles. The van der Waals surface area contributed by atoms with Crippen LogP contribution in [0.5, 0.6) is 0 Å². The number of rotatable bonds is 2. The molecule has 1 rings (SSSR count). The first-order valence-electron chi connectivity index (χ1n) is 3.35. The van der Waals surface area contributed by atoms with Crippen LogP contribution in [0.3, 0.4) is 0 Å². The first-order valence-corrected chi connectivity index (χ1v) is 3.35. The SMILES string of the molecule is C=c1cc/c(=C(\O)OCC)o1. The molecule has 3 heteroatoms. The molecular weight excluding hydrogens is 144 g/mol. The van der Waals surface area contributed by atoms with Crippen molar-refractivity contribution in [1.82, 2.24) is 0 Å². The van der Waals surface area contributed by atoms with Gasteiger partial charge in [-0.2, -0.15) is 0 Å². The van der Waals surface area contributed by atoms with Crippen molar-refractivity contribution in [2.24, 2.45) is 0 Å². The smallest absolute Gasteiger partial charge is 0.321 e. The second-order valence-corrected chi connectivity index (χ2v) is 2.00. The van der Waals surface area contributed by atoms with E-state index in [1.807, 2.05) is 0 Å². The predicted octanol–water partition coefficient (Wildman–Crippen LogP) is 0.350. The highest BCUT2D eigenvalue weighted by Crippen LogP contribution is 1.87. The summed E-state index contributed by atoms with van der Waals surface area (Å²) in [6.07, 6.45) is 0. The summed E-state index contributed by atoms with van der Waals surface area (Å²) in [4.78, 5) is 0. The summed E-state index contributed by atoms with van der Waals surface area (Å²) >= 11 is 0. The molecule has 3 nitrogen and oxygen atoms in total. The summed E-state index contributed by atoms with van der Waals surface area (Å²) in [5.41, 5.74) is 0.822. The normalized spacial score (nSPS) is 12.8. The van der Waals surface area contributed by atoms with E-state index >= 15 is 0 Å². The average molecular weight is 154 g/mol. The molecule has 0 spiro atoms. The summed E-state index contributed by atoms with van der Waals surface area (Å²) in [6.45, 7) is 5.73. The molecular formula is C8H10O3. The van der Waals surface area contributed by atoms with Crippen molar-refractivity contribution in [1.29, 1.82) is 0 Å². The van der Waals surface area contributed by atoms with Gasteiger partial charge < -0.3 is 14.3 Å². The van der Waals surface area contributed by atoms with E-state index in [-0.39, 0.29) is 5.95 Å². The minimum absolute atomic E-state index is 0.192. The lowest BCUT2D eigenvalue weighted by molar-refractivity contribution is 0.181. The third-order valence-electron chi connectivity index (χ3n) is 1.15. The van der Waals surface area contributed by atoms with Crippen LogP contribution in [0.25, 0.3) is 12.5 Å². The summed E-state index contributed by atoms with van der Waals surface area (Å²) in [6, 6.07) is 3.26. The summed E-state index contributed by atoms with van der Waals surface area (Å²) < 4.78 is 9.77. The minimum Gasteiger partial charge on any atom is -0.478 e. The molecule has 11 heavy (non-hydrogen) atoms. The van der Waals surface area contributed by atoms with Gasteiger partial charge in [-0.05, 0) is 19.1 Å². The summed E-state index contributed by atoms with van der Waals surface area (Å²) in [7, 11) is 0. The lowest BCUT2D eigenvalue weighted by atomic mass is 10.6. The first-order chi connectivity index (χ1) is 5.24. The van der Waals surface area contributed by atoms with Crippen molar-refractivity contribution in [3.63, 3.8) is 0 Å². The Morgan fingerprint density at radius 2 is 2.45 bits per heavy atom. The van der Waals surface area contributed by atoms with Gasteiger partial charge in [-0.3, -0.25) is 0 Å². The van der Waals surface area contributed by atoms with Crippen molar-refractivity contribution < 1.29 is 14.3 Å². The Bertz CT molecular complexity index is 323. The lowest BCUT2D eigenvalue weighted by Crippen LogP contribution is -2.06. The summed E-state index contributed by atoms with van der Waals surface area (Å²) in [5.74, 6) is -0.192. The quantitative estimate of drug-likeness (QED) is 0.668. The van der Waals surface area contributed by atoms with E-state index in [1.165, 1.54) is 0 Å². The predicted molar refractivity (Wildman–Crippen MR) is 41.1 cm³/mol. The Labute approximate surface area is 64.2 Å². The molecule has 1 heterocycles. The van der Waals surface area contributed by atoms with Gasteiger partial charge in [0.1, 0.15) is 5.42 Å². The molecule has 0 saturated carbocycles. The number of aliphatic hydroxyl groups is 1. The molecule has 1 aromatic rings. The van der Waals surface area contributed by atoms with E-state index in [0.717, 1.165) is 0 Å². The van der Waals surface area contributed by atoms with Crippen LogP contribution in [0, 0.1) is 0 Å². The zero-order chi connectivity index (χ0) is 8.27. The standard InChI is InChI=1S/C8H10O3/c1-3-10-8(9)7-5-4-6(2)11-7/h4-5,9H,2-3H2,1H3/b8-7-. The highest BCUT2D eigenvalue weighted by molar-refractivity contribution is 5.20. The van der Waals surface area contributed by atoms with Gasteiger partial charge in [-0.25, -0.2) is 0 Å². The van der Waals surface area contributed by atoms with Crippen LogP contribution in [0.2, 0.25) is 0 Å². The molecule has 0 aliphatic heterocycles. The number of furan rings is 1. The van der Waals surface area contributed by atoms with Crippen LogP contribution in [0.4, 0.5) is 0 Å². The van der Waals surface area contributed by atoms with Crippen LogP contribution in [-0.2, 0) is 4.74 Å². The number of ether oxygens (including phenoxy) is 1. The van der Waals surface area contributed by atoms with E-state index in [2.05, 4.69) is 6.58 Å². The van der Waals surface area contributed by atoms with Crippen LogP contribution in [-0.4, -0.2) is 11.7 Å². The average Bonchev–Trinajstić information content (AvgIpc) is 2.36. The Balaban J connectivity index is 3.05. The van der Waals surface area contributed by atoms with Crippen LogP contribution in [0.1, 0.15) is 6.92 Å². The van der Waals surface area contributed by atoms with E-state index in [4.69, 9.17) is 14.3 Å². The van der Waals surface area contributed by atoms with Gasteiger partial charge in [-0.1, -0.05) is 6.58 Å². The molecule has 1 N–H and O–H groups in total. The fourth-order valence-electron chi connectivity index (χ4n) is 0.701. The molecule has 0 unspecified atom stereocenters. The molecule has 0 radical (unpaired) electrons. The topological polar surface area (TPSA) is 42.6 Å². The maximum Gasteiger partial charge on any atom is 0.321 e. The van der Waals surface area contributed by atoms with Crippen LogP contribution in [0.15, 0.2) is 16.5 Å². The molecule has 0 aliphatic rings. The molecule has 0 amide bonds. The molecule has 0 fully saturated rings. The van der Waals surface area contributed by atoms with Crippen molar-refractivity contribution in [2.45, 2.75) is 6.92 Å². The zero-order valence-corrected chi connectivity index (χ0v) is 6.33. The Kier molecular flexibility index (Phi) is 2.21. The van der Waals surface area contributed by atoms with E-state index in [9.17, 15) is 0 Å². The third kappa shape index (κ3) is 1.77. The van der Waals surface area contributed by atoms with E-state index in [0.29, 0.717) is 17.4 Å². The maximum atomic E-state index is 9.11. The second kappa shape index (κ2) is 3.14. The minimum atomic E-state index is -0.192. The molecule has 1 aromatic heterocycles. The van der Waals surface area contributed by atoms with Gasteiger partial charge in [0, 0.05) is 0 Å². The largest absolute Gasteiger partial charge is 0.478 e. The fourth-order valence-corrected chi connectivity index (χ4v) is 0.701. The van der Waals surface area contributed by atoms with Gasteiger partial charge in [0.15, 0.2) is 0 Å². The molecule has 0 aliphatic carbocycles. The lowest BCUT2D eigenvalue weighted by Gasteiger charge is -1.96. The van der Waals surface area contributed by atoms with Gasteiger partial charge >= 0.3 is 5.95 Å². The zero-order valence-electron chi connectivity index (χ0n) is 6.33. The number of aliphatic hydroxyl groups excluding tert-OH is 1. The number of hydrogen-bond acceptors (Lipinski definition) is 3. The van der Waals surface area contributed by atoms with Crippen LogP contribution < -0.4 is 10.8 Å². The highest BCUT2D eigenvalue weighted by atomic mass is 16.6. The van der Waals surface area contributed by atoms with Crippen molar-refractivity contribution in [2.75, 3.05) is 6.61 Å². The second-order valence-electron chi connectivity index (χ2n) is 2.00. The Hall–Kier alpha value is -1.38. The van der Waals surface area contributed by atoms with Crippen molar-refractivity contribution >= 4 is 12.5 Å². The van der Waals surface area contributed by atoms with Gasteiger partial charge in [0.05, 0.1) is 6.61 Å². The number of hydrogen-bond donors (Lipinski definition) is 1. The molecule has 60 valence electrons. The van der Waals surface area contributed by atoms with Crippen molar-refractivity contribution in [3.05, 3.63) is 23.0 Å².